The van der Waals surface area contributed by atoms with E-state index in [1.807, 2.05) is 25.1 Å². The molecule has 0 aliphatic carbocycles. The number of carboxylic acid groups (broad SMARTS) is 1. The summed E-state index contributed by atoms with van der Waals surface area (Å²) in [5.41, 5.74) is 0. The molecule has 0 saturated carbocycles. The third-order valence-electron chi connectivity index (χ3n) is 1.74. The second-order valence-electron chi connectivity index (χ2n) is 3.12. The summed E-state index contributed by atoms with van der Waals surface area (Å²) in [4.78, 5) is 9.76. The van der Waals surface area contributed by atoms with E-state index in [9.17, 15) is 4.79 Å². The smallest absolute Gasteiger partial charge is 0.303 e. The minimum absolute atomic E-state index is 0.316. The molecule has 1 N–H and O–H groups in total. The molecule has 0 radical (unpaired) electrons. The van der Waals surface area contributed by atoms with Gasteiger partial charge in [0.25, 0.3) is 0 Å². The molecule has 84 valence electrons. The lowest BCUT2D eigenvalue weighted by Crippen LogP contribution is -2.05. The summed E-state index contributed by atoms with van der Waals surface area (Å²) in [5, 5.41) is 9.36. The van der Waals surface area contributed by atoms with E-state index in [1.54, 1.807) is 0 Å². The fraction of sp³-hybridized carbons (Fsp3) is 0.364. The second-order valence-corrected chi connectivity index (χ2v) is 5.00. The van der Waals surface area contributed by atoms with Crippen LogP contribution in [0.25, 0.3) is 0 Å². The van der Waals surface area contributed by atoms with Crippen LogP contribution >= 0.6 is 11.1 Å². The average molecular weight is 245 g/mol. The van der Waals surface area contributed by atoms with Crippen molar-refractivity contribution in [3.8, 4) is 0 Å². The van der Waals surface area contributed by atoms with Crippen molar-refractivity contribution < 1.29 is 9.90 Å². The van der Waals surface area contributed by atoms with E-state index in [2.05, 4.69) is 12.1 Å². The first-order chi connectivity index (χ1) is 7.20. The van der Waals surface area contributed by atoms with Crippen LogP contribution in [0.2, 0.25) is 0 Å². The highest BCUT2D eigenvalue weighted by Crippen LogP contribution is 1.91. The number of benzene rings is 1. The fourth-order valence-corrected chi connectivity index (χ4v) is 1.88. The van der Waals surface area contributed by atoms with Crippen molar-refractivity contribution in [1.29, 1.82) is 0 Å². The molecule has 0 amide bonds. The Balaban J connectivity index is 0.000000265. The van der Waals surface area contributed by atoms with Crippen molar-refractivity contribution in [3.05, 3.63) is 30.3 Å². The SMILES string of the molecule is CCCCC(=O)O.Cl[SiH2]c1ccccc1. The minimum Gasteiger partial charge on any atom is -0.481 e. The lowest BCUT2D eigenvalue weighted by atomic mass is 10.3. The van der Waals surface area contributed by atoms with Gasteiger partial charge < -0.3 is 5.11 Å². The van der Waals surface area contributed by atoms with Crippen LogP contribution in [0.15, 0.2) is 30.3 Å². The first-order valence-corrected chi connectivity index (χ1v) is 7.87. The number of halogens is 1. The van der Waals surface area contributed by atoms with Gasteiger partial charge in [0, 0.05) is 6.42 Å². The molecule has 0 aliphatic heterocycles. The zero-order chi connectivity index (χ0) is 11.5. The topological polar surface area (TPSA) is 37.3 Å². The Kier molecular flexibility index (Phi) is 9.22. The minimum atomic E-state index is -0.693. The number of aliphatic carboxylic acids is 1. The Labute approximate surface area is 97.8 Å². The van der Waals surface area contributed by atoms with Crippen molar-refractivity contribution in [3.63, 3.8) is 0 Å². The van der Waals surface area contributed by atoms with Gasteiger partial charge in [0.15, 0.2) is 8.83 Å². The summed E-state index contributed by atoms with van der Waals surface area (Å²) in [5.74, 6) is -0.693. The van der Waals surface area contributed by atoms with Gasteiger partial charge in [-0.1, -0.05) is 43.7 Å². The molecule has 0 fully saturated rings. The van der Waals surface area contributed by atoms with E-state index in [1.165, 1.54) is 5.19 Å². The van der Waals surface area contributed by atoms with E-state index >= 15 is 0 Å². The van der Waals surface area contributed by atoms with Crippen LogP contribution in [0.3, 0.4) is 0 Å². The van der Waals surface area contributed by atoms with Gasteiger partial charge in [-0.25, -0.2) is 0 Å². The molecular formula is C11H17ClO2Si. The van der Waals surface area contributed by atoms with Gasteiger partial charge in [0.1, 0.15) is 0 Å². The number of carboxylic acids is 1. The van der Waals surface area contributed by atoms with Gasteiger partial charge in [0.2, 0.25) is 0 Å². The van der Waals surface area contributed by atoms with Gasteiger partial charge in [0.05, 0.1) is 0 Å². The van der Waals surface area contributed by atoms with Gasteiger partial charge in [-0.15, -0.1) is 0 Å². The van der Waals surface area contributed by atoms with Crippen LogP contribution in [-0.2, 0) is 4.79 Å². The summed E-state index contributed by atoms with van der Waals surface area (Å²) in [6, 6.07) is 10.2. The van der Waals surface area contributed by atoms with E-state index in [0.29, 0.717) is 6.42 Å². The molecule has 0 spiro atoms. The molecule has 0 bridgehead atoms. The van der Waals surface area contributed by atoms with Gasteiger partial charge in [-0.2, -0.15) is 11.1 Å². The molecule has 1 aromatic rings. The van der Waals surface area contributed by atoms with Gasteiger partial charge in [-0.05, 0) is 11.6 Å². The van der Waals surface area contributed by atoms with E-state index in [0.717, 1.165) is 12.8 Å². The van der Waals surface area contributed by atoms with Crippen LogP contribution in [0.5, 0.6) is 0 Å². The molecule has 4 heteroatoms. The molecule has 0 unspecified atom stereocenters. The first kappa shape index (κ1) is 14.2. The fourth-order valence-electron chi connectivity index (χ4n) is 0.895. The Bertz CT molecular complexity index is 265. The third kappa shape index (κ3) is 9.50. The molecule has 0 heterocycles. The molecule has 1 rings (SSSR count). The highest BCUT2D eigenvalue weighted by Gasteiger charge is 1.90. The molecule has 0 aromatic heterocycles. The van der Waals surface area contributed by atoms with Gasteiger partial charge >= 0.3 is 5.97 Å². The largest absolute Gasteiger partial charge is 0.481 e. The number of hydrogen-bond donors (Lipinski definition) is 1. The van der Waals surface area contributed by atoms with Crippen molar-refractivity contribution in [2.24, 2.45) is 0 Å². The molecule has 0 saturated heterocycles. The third-order valence-corrected chi connectivity index (χ3v) is 3.45. The van der Waals surface area contributed by atoms with Crippen molar-refractivity contribution >= 4 is 31.1 Å². The molecule has 0 aliphatic rings. The van der Waals surface area contributed by atoms with Crippen LogP contribution in [-0.4, -0.2) is 19.9 Å². The lowest BCUT2D eigenvalue weighted by molar-refractivity contribution is -0.137. The number of hydrogen-bond acceptors (Lipinski definition) is 1. The van der Waals surface area contributed by atoms with Gasteiger partial charge in [-0.3, -0.25) is 4.79 Å². The maximum Gasteiger partial charge on any atom is 0.303 e. The second kappa shape index (κ2) is 9.74. The highest BCUT2D eigenvalue weighted by atomic mass is 35.6. The van der Waals surface area contributed by atoms with Crippen molar-refractivity contribution in [1.82, 2.24) is 0 Å². The Hall–Kier alpha value is -0.803. The molecule has 0 atom stereocenters. The van der Waals surface area contributed by atoms with Crippen LogP contribution in [0, 0.1) is 0 Å². The normalized spacial score (nSPS) is 9.73. The molecule has 1 aromatic carbocycles. The first-order valence-electron chi connectivity index (χ1n) is 5.02. The quantitative estimate of drug-likeness (QED) is 0.649. The zero-order valence-electron chi connectivity index (χ0n) is 8.95. The standard InChI is InChI=1S/C6H7ClSi.C5H10O2/c7-8-6-4-2-1-3-5-6;1-2-3-4-5(6)7/h1-5H,8H2;2-4H2,1H3,(H,6,7). The Morgan fingerprint density at radius 1 is 1.40 bits per heavy atom. The maximum atomic E-state index is 9.76. The molecule has 15 heavy (non-hydrogen) atoms. The summed E-state index contributed by atoms with van der Waals surface area (Å²) >= 11 is 5.67. The van der Waals surface area contributed by atoms with E-state index < -0.39 is 14.8 Å². The van der Waals surface area contributed by atoms with E-state index in [4.69, 9.17) is 16.2 Å². The highest BCUT2D eigenvalue weighted by molar-refractivity contribution is 7.01. The summed E-state index contributed by atoms with van der Waals surface area (Å²) in [6.07, 6.45) is 2.08. The lowest BCUT2D eigenvalue weighted by Gasteiger charge is -1.87. The predicted molar refractivity (Wildman–Crippen MR) is 67.6 cm³/mol. The number of rotatable bonds is 4. The van der Waals surface area contributed by atoms with Crippen LogP contribution < -0.4 is 5.19 Å². The van der Waals surface area contributed by atoms with E-state index in [-0.39, 0.29) is 0 Å². The summed E-state index contributed by atoms with van der Waals surface area (Å²) < 4.78 is 0. The summed E-state index contributed by atoms with van der Waals surface area (Å²) in [6.45, 7) is 1.98. The van der Waals surface area contributed by atoms with Crippen LogP contribution in [0.1, 0.15) is 26.2 Å². The zero-order valence-corrected chi connectivity index (χ0v) is 11.1. The number of carbonyl (C=O) groups is 1. The van der Waals surface area contributed by atoms with Crippen molar-refractivity contribution in [2.75, 3.05) is 0 Å². The predicted octanol–water partition coefficient (Wildman–Crippen LogP) is 1.90. The number of unbranched alkanes of at least 4 members (excludes halogenated alkanes) is 1. The molecular weight excluding hydrogens is 228 g/mol. The Morgan fingerprint density at radius 3 is 2.27 bits per heavy atom. The Morgan fingerprint density at radius 2 is 2.00 bits per heavy atom. The molecule has 2 nitrogen and oxygen atoms in total. The maximum absolute atomic E-state index is 9.76. The summed E-state index contributed by atoms with van der Waals surface area (Å²) in [7, 11) is -0.437. The van der Waals surface area contributed by atoms with Crippen molar-refractivity contribution in [2.45, 2.75) is 26.2 Å². The monoisotopic (exact) mass is 244 g/mol. The average Bonchev–Trinajstić information content (AvgIpc) is 2.28. The van der Waals surface area contributed by atoms with Crippen LogP contribution in [0.4, 0.5) is 0 Å².